The first-order valence-electron chi connectivity index (χ1n) is 7.61. The average molecular weight is 264 g/mol. The summed E-state index contributed by atoms with van der Waals surface area (Å²) >= 11 is 0. The Hall–Kier alpha value is -1.03. The van der Waals surface area contributed by atoms with Gasteiger partial charge in [0.05, 0.1) is 5.69 Å². The van der Waals surface area contributed by atoms with Gasteiger partial charge in [-0.05, 0) is 46.8 Å². The first-order valence-corrected chi connectivity index (χ1v) is 7.61. The predicted octanol–water partition coefficient (Wildman–Crippen LogP) is 3.06. The van der Waals surface area contributed by atoms with Crippen molar-refractivity contribution in [2.75, 3.05) is 32.5 Å². The fourth-order valence-electron chi connectivity index (χ4n) is 2.88. The standard InChI is InChI=1S/C15H28N4/c1-13-12-19(14-8-5-4-6-9-14)15(17-13)16-10-7-11-18(2)3/h12,14H,4-11H2,1-3H3,(H,16,17). The lowest BCUT2D eigenvalue weighted by molar-refractivity contribution is 0.355. The highest BCUT2D eigenvalue weighted by Gasteiger charge is 2.18. The molecule has 19 heavy (non-hydrogen) atoms. The first kappa shape index (κ1) is 14.4. The molecule has 4 heteroatoms. The third-order valence-electron chi connectivity index (χ3n) is 3.89. The van der Waals surface area contributed by atoms with Crippen LogP contribution in [0.5, 0.6) is 0 Å². The molecule has 0 aromatic carbocycles. The molecule has 1 aromatic heterocycles. The summed E-state index contributed by atoms with van der Waals surface area (Å²) in [5, 5.41) is 3.51. The van der Waals surface area contributed by atoms with Gasteiger partial charge in [0.15, 0.2) is 0 Å². The number of hydrogen-bond acceptors (Lipinski definition) is 3. The molecule has 4 nitrogen and oxygen atoms in total. The Kier molecular flexibility index (Phi) is 5.25. The molecule has 2 rings (SSSR count). The van der Waals surface area contributed by atoms with Gasteiger partial charge in [0, 0.05) is 18.8 Å². The van der Waals surface area contributed by atoms with Gasteiger partial charge in [-0.1, -0.05) is 19.3 Å². The number of rotatable bonds is 6. The fraction of sp³-hybridized carbons (Fsp3) is 0.800. The van der Waals surface area contributed by atoms with E-state index in [0.717, 1.165) is 31.2 Å². The van der Waals surface area contributed by atoms with Gasteiger partial charge >= 0.3 is 0 Å². The molecule has 1 N–H and O–H groups in total. The second kappa shape index (κ2) is 6.94. The lowest BCUT2D eigenvalue weighted by atomic mass is 9.95. The maximum Gasteiger partial charge on any atom is 0.203 e. The van der Waals surface area contributed by atoms with Crippen LogP contribution < -0.4 is 5.32 Å². The minimum absolute atomic E-state index is 0.659. The van der Waals surface area contributed by atoms with Crippen molar-refractivity contribution in [3.63, 3.8) is 0 Å². The molecule has 0 atom stereocenters. The van der Waals surface area contributed by atoms with Crippen molar-refractivity contribution in [1.82, 2.24) is 14.5 Å². The Labute approximate surface area is 117 Å². The number of hydrogen-bond donors (Lipinski definition) is 1. The van der Waals surface area contributed by atoms with Gasteiger partial charge in [0.2, 0.25) is 5.95 Å². The van der Waals surface area contributed by atoms with E-state index in [-0.39, 0.29) is 0 Å². The molecule has 0 aliphatic heterocycles. The van der Waals surface area contributed by atoms with Crippen LogP contribution in [0.25, 0.3) is 0 Å². The van der Waals surface area contributed by atoms with Gasteiger partial charge in [0.1, 0.15) is 0 Å². The van der Waals surface area contributed by atoms with Crippen LogP contribution in [0.15, 0.2) is 6.20 Å². The number of nitrogens with one attached hydrogen (secondary N) is 1. The van der Waals surface area contributed by atoms with Crippen LogP contribution in [0.3, 0.4) is 0 Å². The highest BCUT2D eigenvalue weighted by atomic mass is 15.2. The van der Waals surface area contributed by atoms with Crippen molar-refractivity contribution in [1.29, 1.82) is 0 Å². The number of aromatic nitrogens is 2. The molecular weight excluding hydrogens is 236 g/mol. The molecule has 1 aliphatic carbocycles. The van der Waals surface area contributed by atoms with Gasteiger partial charge < -0.3 is 14.8 Å². The van der Waals surface area contributed by atoms with E-state index in [1.807, 2.05) is 0 Å². The molecule has 0 radical (unpaired) electrons. The molecule has 1 saturated carbocycles. The van der Waals surface area contributed by atoms with E-state index in [4.69, 9.17) is 0 Å². The van der Waals surface area contributed by atoms with Gasteiger partial charge in [-0.2, -0.15) is 0 Å². The highest BCUT2D eigenvalue weighted by molar-refractivity contribution is 5.29. The molecule has 1 aromatic rings. The highest BCUT2D eigenvalue weighted by Crippen LogP contribution is 2.30. The van der Waals surface area contributed by atoms with Gasteiger partial charge in [-0.25, -0.2) is 4.98 Å². The summed E-state index contributed by atoms with van der Waals surface area (Å²) in [5.74, 6) is 1.07. The SMILES string of the molecule is Cc1cn(C2CCCCC2)c(NCCCN(C)C)n1. The van der Waals surface area contributed by atoms with Crippen molar-refractivity contribution in [3.8, 4) is 0 Å². The number of nitrogens with zero attached hydrogens (tertiary/aromatic N) is 3. The van der Waals surface area contributed by atoms with Crippen LogP contribution in [0, 0.1) is 6.92 Å². The predicted molar refractivity (Wildman–Crippen MR) is 80.7 cm³/mol. The van der Waals surface area contributed by atoms with E-state index >= 15 is 0 Å². The maximum atomic E-state index is 4.64. The van der Waals surface area contributed by atoms with Gasteiger partial charge in [0.25, 0.3) is 0 Å². The fourth-order valence-corrected chi connectivity index (χ4v) is 2.88. The molecule has 0 unspecified atom stereocenters. The second-order valence-electron chi connectivity index (χ2n) is 5.99. The van der Waals surface area contributed by atoms with Crippen LogP contribution in [0.1, 0.15) is 50.3 Å². The summed E-state index contributed by atoms with van der Waals surface area (Å²) in [4.78, 5) is 6.86. The molecule has 0 bridgehead atoms. The summed E-state index contributed by atoms with van der Waals surface area (Å²) in [6.07, 6.45) is 10.1. The number of imidazole rings is 1. The molecule has 1 fully saturated rings. The van der Waals surface area contributed by atoms with E-state index in [9.17, 15) is 0 Å². The summed E-state index contributed by atoms with van der Waals surface area (Å²) in [5.41, 5.74) is 1.13. The molecular formula is C15H28N4. The Balaban J connectivity index is 1.91. The van der Waals surface area contributed by atoms with Gasteiger partial charge in [-0.3, -0.25) is 0 Å². The average Bonchev–Trinajstić information content (AvgIpc) is 2.77. The summed E-state index contributed by atoms with van der Waals surface area (Å²) in [6, 6.07) is 0.659. The number of aryl methyl sites for hydroxylation is 1. The van der Waals surface area contributed by atoms with E-state index < -0.39 is 0 Å². The minimum Gasteiger partial charge on any atom is -0.356 e. The number of anilines is 1. The lowest BCUT2D eigenvalue weighted by Gasteiger charge is -2.24. The molecule has 0 amide bonds. The quantitative estimate of drug-likeness (QED) is 0.802. The van der Waals surface area contributed by atoms with Crippen LogP contribution >= 0.6 is 0 Å². The first-order chi connectivity index (χ1) is 9.16. The monoisotopic (exact) mass is 264 g/mol. The van der Waals surface area contributed by atoms with Crippen molar-refractivity contribution in [2.24, 2.45) is 0 Å². The normalized spacial score (nSPS) is 17.1. The Morgan fingerprint density at radius 2 is 2.05 bits per heavy atom. The van der Waals surface area contributed by atoms with Crippen LogP contribution in [0.4, 0.5) is 5.95 Å². The Morgan fingerprint density at radius 3 is 2.74 bits per heavy atom. The van der Waals surface area contributed by atoms with Crippen LogP contribution in [-0.4, -0.2) is 41.6 Å². The van der Waals surface area contributed by atoms with Crippen molar-refractivity contribution >= 4 is 5.95 Å². The topological polar surface area (TPSA) is 33.1 Å². The third-order valence-corrected chi connectivity index (χ3v) is 3.89. The Morgan fingerprint density at radius 1 is 1.32 bits per heavy atom. The van der Waals surface area contributed by atoms with E-state index in [2.05, 4.69) is 47.0 Å². The second-order valence-corrected chi connectivity index (χ2v) is 5.99. The molecule has 108 valence electrons. The summed E-state index contributed by atoms with van der Waals surface area (Å²) in [7, 11) is 4.24. The van der Waals surface area contributed by atoms with Crippen LogP contribution in [-0.2, 0) is 0 Å². The zero-order valence-corrected chi connectivity index (χ0v) is 12.7. The molecule has 0 saturated heterocycles. The van der Waals surface area contributed by atoms with Gasteiger partial charge in [-0.15, -0.1) is 0 Å². The van der Waals surface area contributed by atoms with Crippen LogP contribution in [0.2, 0.25) is 0 Å². The zero-order chi connectivity index (χ0) is 13.7. The summed E-state index contributed by atoms with van der Waals surface area (Å²) in [6.45, 7) is 4.21. The molecule has 0 spiro atoms. The lowest BCUT2D eigenvalue weighted by Crippen LogP contribution is -2.19. The smallest absolute Gasteiger partial charge is 0.203 e. The molecule has 1 aliphatic rings. The molecule has 1 heterocycles. The van der Waals surface area contributed by atoms with E-state index in [0.29, 0.717) is 6.04 Å². The van der Waals surface area contributed by atoms with E-state index in [1.54, 1.807) is 0 Å². The van der Waals surface area contributed by atoms with Crippen molar-refractivity contribution < 1.29 is 0 Å². The minimum atomic E-state index is 0.659. The van der Waals surface area contributed by atoms with Crippen molar-refractivity contribution in [3.05, 3.63) is 11.9 Å². The third kappa shape index (κ3) is 4.23. The summed E-state index contributed by atoms with van der Waals surface area (Å²) < 4.78 is 2.38. The largest absolute Gasteiger partial charge is 0.356 e. The Bertz CT molecular complexity index is 377. The van der Waals surface area contributed by atoms with E-state index in [1.165, 1.54) is 32.1 Å². The zero-order valence-electron chi connectivity index (χ0n) is 12.7. The van der Waals surface area contributed by atoms with Crippen molar-refractivity contribution in [2.45, 2.75) is 51.5 Å². The maximum absolute atomic E-state index is 4.64.